The van der Waals surface area contributed by atoms with E-state index in [4.69, 9.17) is 9.73 Å². The summed E-state index contributed by atoms with van der Waals surface area (Å²) < 4.78 is 19.9. The van der Waals surface area contributed by atoms with Gasteiger partial charge >= 0.3 is 0 Å². The zero-order chi connectivity index (χ0) is 17.6. The highest BCUT2D eigenvalue weighted by Gasteiger charge is 2.44. The Kier molecular flexibility index (Phi) is 3.71. The molecule has 26 heavy (non-hydrogen) atoms. The third kappa shape index (κ3) is 2.58. The quantitative estimate of drug-likeness (QED) is 0.858. The van der Waals surface area contributed by atoms with E-state index in [0.717, 1.165) is 44.1 Å². The molecular weight excluding hydrogens is 329 g/mol. The third-order valence-corrected chi connectivity index (χ3v) is 5.73. The van der Waals surface area contributed by atoms with Crippen molar-refractivity contribution in [1.82, 2.24) is 10.2 Å². The summed E-state index contributed by atoms with van der Waals surface area (Å²) in [4.78, 5) is 7.02. The van der Waals surface area contributed by atoms with Crippen LogP contribution in [-0.2, 0) is 11.2 Å². The smallest absolute Gasteiger partial charge is 0.288 e. The number of benzene rings is 2. The highest BCUT2D eigenvalue weighted by atomic mass is 19.1. The summed E-state index contributed by atoms with van der Waals surface area (Å²) in [6.45, 7) is 3.39. The third-order valence-electron chi connectivity index (χ3n) is 5.73. The largest absolute Gasteiger partial charge is 0.455 e. The van der Waals surface area contributed by atoms with Gasteiger partial charge in [-0.3, -0.25) is 0 Å². The van der Waals surface area contributed by atoms with Gasteiger partial charge < -0.3 is 15.0 Å². The molecule has 1 spiro atoms. The average molecular weight is 351 g/mol. The second-order valence-corrected chi connectivity index (χ2v) is 7.41. The molecule has 3 aliphatic rings. The molecule has 0 aromatic heterocycles. The van der Waals surface area contributed by atoms with Gasteiger partial charge in [-0.15, -0.1) is 0 Å². The zero-order valence-corrected chi connectivity index (χ0v) is 14.6. The van der Waals surface area contributed by atoms with E-state index in [1.807, 2.05) is 12.1 Å². The molecule has 1 fully saturated rings. The molecule has 3 aliphatic heterocycles. The van der Waals surface area contributed by atoms with E-state index in [2.05, 4.69) is 34.5 Å². The molecule has 0 unspecified atom stereocenters. The first-order valence-corrected chi connectivity index (χ1v) is 9.28. The van der Waals surface area contributed by atoms with Crippen molar-refractivity contribution in [2.24, 2.45) is 4.99 Å². The van der Waals surface area contributed by atoms with Crippen LogP contribution < -0.4 is 5.32 Å². The van der Waals surface area contributed by atoms with E-state index in [1.54, 1.807) is 0 Å². The minimum Gasteiger partial charge on any atom is -0.455 e. The van der Waals surface area contributed by atoms with Crippen molar-refractivity contribution in [2.75, 3.05) is 26.2 Å². The minimum absolute atomic E-state index is 0.00353. The summed E-state index contributed by atoms with van der Waals surface area (Å²) in [5.41, 5.74) is 3.48. The van der Waals surface area contributed by atoms with E-state index >= 15 is 0 Å². The van der Waals surface area contributed by atoms with Crippen molar-refractivity contribution in [2.45, 2.75) is 24.5 Å². The highest BCUT2D eigenvalue weighted by molar-refractivity contribution is 5.78. The summed E-state index contributed by atoms with van der Waals surface area (Å²) in [5.74, 6) is -0.213. The molecule has 0 bridgehead atoms. The second-order valence-electron chi connectivity index (χ2n) is 7.41. The van der Waals surface area contributed by atoms with E-state index in [-0.39, 0.29) is 17.5 Å². The van der Waals surface area contributed by atoms with Gasteiger partial charge in [0.15, 0.2) is 0 Å². The lowest BCUT2D eigenvalue weighted by atomic mass is 9.88. The predicted molar refractivity (Wildman–Crippen MR) is 98.7 cm³/mol. The molecule has 4 nitrogen and oxygen atoms in total. The molecule has 0 saturated carbocycles. The minimum atomic E-state index is -0.213. The first-order chi connectivity index (χ1) is 12.7. The second kappa shape index (κ2) is 6.09. The van der Waals surface area contributed by atoms with Crippen LogP contribution in [0.5, 0.6) is 0 Å². The van der Waals surface area contributed by atoms with Gasteiger partial charge in [-0.25, -0.2) is 9.38 Å². The Labute approximate surface area is 152 Å². The number of fused-ring (bicyclic) bond motifs is 1. The van der Waals surface area contributed by atoms with Gasteiger partial charge in [0.2, 0.25) is 0 Å². The van der Waals surface area contributed by atoms with Gasteiger partial charge in [0.1, 0.15) is 11.4 Å². The standard InChI is InChI=1S/C21H22FN3O/c22-17-7-5-16(6-8-17)19-18-4-2-1-3-15(18)9-12-25(19)20-24-14-21(26-20)10-11-23-13-21/h1-8,19,23H,9-14H2/t19-,21-/m0/s1. The molecule has 0 amide bonds. The number of hydrogen-bond donors (Lipinski definition) is 1. The van der Waals surface area contributed by atoms with Gasteiger partial charge in [0.25, 0.3) is 6.02 Å². The molecule has 1 N–H and O–H groups in total. The molecule has 2 aromatic rings. The van der Waals surface area contributed by atoms with Crippen LogP contribution in [0.1, 0.15) is 29.2 Å². The summed E-state index contributed by atoms with van der Waals surface area (Å²) in [5, 5.41) is 3.38. The molecule has 2 aromatic carbocycles. The lowest BCUT2D eigenvalue weighted by Gasteiger charge is -2.39. The monoisotopic (exact) mass is 351 g/mol. The van der Waals surface area contributed by atoms with E-state index in [9.17, 15) is 4.39 Å². The maximum Gasteiger partial charge on any atom is 0.288 e. The highest BCUT2D eigenvalue weighted by Crippen LogP contribution is 2.38. The van der Waals surface area contributed by atoms with Gasteiger partial charge in [0.05, 0.1) is 12.6 Å². The number of ether oxygens (including phenoxy) is 1. The molecule has 5 heteroatoms. The van der Waals surface area contributed by atoms with Crippen LogP contribution in [0.25, 0.3) is 0 Å². The number of amidine groups is 1. The van der Waals surface area contributed by atoms with E-state index in [0.29, 0.717) is 6.54 Å². The van der Waals surface area contributed by atoms with Crippen molar-refractivity contribution in [3.8, 4) is 0 Å². The van der Waals surface area contributed by atoms with Crippen LogP contribution in [0.4, 0.5) is 4.39 Å². The summed E-state index contributed by atoms with van der Waals surface area (Å²) >= 11 is 0. The molecule has 3 heterocycles. The fourth-order valence-electron chi connectivity index (χ4n) is 4.34. The summed E-state index contributed by atoms with van der Waals surface area (Å²) in [6.07, 6.45) is 1.95. The van der Waals surface area contributed by atoms with Crippen LogP contribution in [0.3, 0.4) is 0 Å². The van der Waals surface area contributed by atoms with Gasteiger partial charge in [-0.1, -0.05) is 36.4 Å². The Morgan fingerprint density at radius 2 is 2.00 bits per heavy atom. The average Bonchev–Trinajstić information content (AvgIpc) is 3.32. The number of nitrogens with zero attached hydrogens (tertiary/aromatic N) is 2. The van der Waals surface area contributed by atoms with Crippen LogP contribution >= 0.6 is 0 Å². The molecule has 1 saturated heterocycles. The van der Waals surface area contributed by atoms with Crippen molar-refractivity contribution >= 4 is 6.02 Å². The van der Waals surface area contributed by atoms with Crippen molar-refractivity contribution < 1.29 is 9.13 Å². The van der Waals surface area contributed by atoms with Crippen LogP contribution in [-0.4, -0.2) is 42.7 Å². The topological polar surface area (TPSA) is 36.9 Å². The molecule has 0 aliphatic carbocycles. The molecule has 134 valence electrons. The normalized spacial score (nSPS) is 27.3. The Bertz CT molecular complexity index is 843. The number of halogens is 1. The van der Waals surface area contributed by atoms with Gasteiger partial charge in [-0.2, -0.15) is 0 Å². The van der Waals surface area contributed by atoms with E-state index in [1.165, 1.54) is 23.3 Å². The van der Waals surface area contributed by atoms with Gasteiger partial charge in [-0.05, 0) is 41.8 Å². The molecule has 2 atom stereocenters. The van der Waals surface area contributed by atoms with Crippen molar-refractivity contribution in [3.63, 3.8) is 0 Å². The number of rotatable bonds is 1. The lowest BCUT2D eigenvalue weighted by molar-refractivity contribution is 0.0813. The SMILES string of the molecule is Fc1ccc([C@H]2c3ccccc3CCN2C2=NC[C@@]3(CCNC3)O2)cc1. The van der Waals surface area contributed by atoms with Crippen LogP contribution in [0, 0.1) is 5.82 Å². The summed E-state index contributed by atoms with van der Waals surface area (Å²) in [6, 6.07) is 16.0. The first kappa shape index (κ1) is 15.8. The maximum absolute atomic E-state index is 13.5. The van der Waals surface area contributed by atoms with E-state index < -0.39 is 0 Å². The van der Waals surface area contributed by atoms with Gasteiger partial charge in [0, 0.05) is 19.5 Å². The Hall–Kier alpha value is -2.40. The molecular formula is C21H22FN3O. The van der Waals surface area contributed by atoms with Crippen LogP contribution in [0.2, 0.25) is 0 Å². The zero-order valence-electron chi connectivity index (χ0n) is 14.6. The molecule has 0 radical (unpaired) electrons. The number of aliphatic imine (C=N–C) groups is 1. The summed E-state index contributed by atoms with van der Waals surface area (Å²) in [7, 11) is 0. The maximum atomic E-state index is 13.5. The lowest BCUT2D eigenvalue weighted by Crippen LogP contribution is -2.44. The Morgan fingerprint density at radius 1 is 1.15 bits per heavy atom. The first-order valence-electron chi connectivity index (χ1n) is 9.28. The Balaban J connectivity index is 1.53. The molecule has 5 rings (SSSR count). The fraction of sp³-hybridized carbons (Fsp3) is 0.381. The fourth-order valence-corrected chi connectivity index (χ4v) is 4.34. The number of hydrogen-bond acceptors (Lipinski definition) is 4. The Morgan fingerprint density at radius 3 is 2.81 bits per heavy atom. The number of nitrogens with one attached hydrogen (secondary N) is 1. The predicted octanol–water partition coefficient (Wildman–Crippen LogP) is 2.89. The van der Waals surface area contributed by atoms with Crippen molar-refractivity contribution in [1.29, 1.82) is 0 Å². The van der Waals surface area contributed by atoms with Crippen LogP contribution in [0.15, 0.2) is 53.5 Å². The van der Waals surface area contributed by atoms with Crippen molar-refractivity contribution in [3.05, 3.63) is 71.0 Å².